The molecule has 2 aromatic rings. The number of pyridine rings is 1. The lowest BCUT2D eigenvalue weighted by atomic mass is 10.0. The van der Waals surface area contributed by atoms with Gasteiger partial charge in [-0.3, -0.25) is 4.79 Å². The van der Waals surface area contributed by atoms with Gasteiger partial charge in [0.15, 0.2) is 6.61 Å². The molecule has 140 valence electrons. The molecule has 0 saturated carbocycles. The minimum atomic E-state index is -4.44. The van der Waals surface area contributed by atoms with Crippen LogP contribution in [-0.2, 0) is 0 Å². The lowest BCUT2D eigenvalue weighted by Gasteiger charge is -2.18. The first-order valence-electron chi connectivity index (χ1n) is 7.80. The highest BCUT2D eigenvalue weighted by molar-refractivity contribution is 5.94. The summed E-state index contributed by atoms with van der Waals surface area (Å²) in [6.45, 7) is 2.31. The number of halogens is 3. The maximum atomic E-state index is 12.3. The summed E-state index contributed by atoms with van der Waals surface area (Å²) in [5.41, 5.74) is 2.05. The smallest absolute Gasteiger partial charge is 0.422 e. The normalized spacial score (nSPS) is 12.4. The Morgan fingerprint density at radius 1 is 1.27 bits per heavy atom. The molecular weight excluding hydrogens is 349 g/mol. The van der Waals surface area contributed by atoms with Crippen molar-refractivity contribution in [3.63, 3.8) is 0 Å². The number of hydrogen-bond donors (Lipinski definition) is 1. The molecule has 0 aliphatic carbocycles. The molecule has 1 N–H and O–H groups in total. The molecule has 1 atom stereocenters. The Morgan fingerprint density at radius 3 is 2.58 bits per heavy atom. The fourth-order valence-corrected chi connectivity index (χ4v) is 2.31. The van der Waals surface area contributed by atoms with Crippen LogP contribution in [0.25, 0.3) is 0 Å². The van der Waals surface area contributed by atoms with Crippen molar-refractivity contribution in [3.8, 4) is 11.6 Å². The summed E-state index contributed by atoms with van der Waals surface area (Å²) in [6.07, 6.45) is -3.28. The highest BCUT2D eigenvalue weighted by Crippen LogP contribution is 2.26. The summed E-state index contributed by atoms with van der Waals surface area (Å²) < 4.78 is 46.2. The van der Waals surface area contributed by atoms with E-state index in [1.807, 2.05) is 32.0 Å². The van der Waals surface area contributed by atoms with Gasteiger partial charge in [0.2, 0.25) is 5.88 Å². The van der Waals surface area contributed by atoms with Crippen molar-refractivity contribution in [1.82, 2.24) is 10.3 Å². The molecular formula is C18H19F3N2O3. The lowest BCUT2D eigenvalue weighted by Crippen LogP contribution is -2.27. The molecule has 26 heavy (non-hydrogen) atoms. The number of alkyl halides is 3. The van der Waals surface area contributed by atoms with Gasteiger partial charge >= 0.3 is 6.18 Å². The molecule has 1 unspecified atom stereocenters. The second-order valence-electron chi connectivity index (χ2n) is 5.73. The summed E-state index contributed by atoms with van der Waals surface area (Å²) >= 11 is 0. The molecule has 0 aliphatic heterocycles. The van der Waals surface area contributed by atoms with Crippen molar-refractivity contribution in [3.05, 3.63) is 53.2 Å². The molecule has 5 nitrogen and oxygen atoms in total. The van der Waals surface area contributed by atoms with Crippen LogP contribution in [-0.4, -0.2) is 30.8 Å². The average molecular weight is 368 g/mol. The van der Waals surface area contributed by atoms with Crippen LogP contribution in [0.4, 0.5) is 13.2 Å². The van der Waals surface area contributed by atoms with E-state index in [-0.39, 0.29) is 17.5 Å². The van der Waals surface area contributed by atoms with E-state index < -0.39 is 18.7 Å². The zero-order chi connectivity index (χ0) is 19.3. The van der Waals surface area contributed by atoms with E-state index in [2.05, 4.69) is 15.0 Å². The fraction of sp³-hybridized carbons (Fsp3) is 0.333. The molecule has 0 fully saturated rings. The zero-order valence-electron chi connectivity index (χ0n) is 14.6. The van der Waals surface area contributed by atoms with Gasteiger partial charge in [-0.2, -0.15) is 13.2 Å². The van der Waals surface area contributed by atoms with E-state index in [9.17, 15) is 18.0 Å². The molecule has 0 spiro atoms. The molecule has 0 saturated heterocycles. The minimum Gasteiger partial charge on any atom is -0.496 e. The molecule has 1 heterocycles. The second kappa shape index (κ2) is 8.07. The molecule has 0 bridgehead atoms. The number of benzene rings is 1. The summed E-state index contributed by atoms with van der Waals surface area (Å²) in [7, 11) is 1.55. The van der Waals surface area contributed by atoms with Gasteiger partial charge in [-0.1, -0.05) is 17.7 Å². The van der Waals surface area contributed by atoms with E-state index >= 15 is 0 Å². The van der Waals surface area contributed by atoms with Gasteiger partial charge in [0, 0.05) is 17.8 Å². The molecule has 0 aliphatic rings. The van der Waals surface area contributed by atoms with Crippen LogP contribution >= 0.6 is 0 Å². The predicted molar refractivity (Wildman–Crippen MR) is 89.4 cm³/mol. The maximum Gasteiger partial charge on any atom is 0.422 e. The Bertz CT molecular complexity index is 761. The highest BCUT2D eigenvalue weighted by atomic mass is 19.4. The van der Waals surface area contributed by atoms with Gasteiger partial charge in [0.05, 0.1) is 18.7 Å². The topological polar surface area (TPSA) is 60.5 Å². The third-order valence-corrected chi connectivity index (χ3v) is 3.58. The Balaban J connectivity index is 2.04. The number of ether oxygens (including phenoxy) is 2. The van der Waals surface area contributed by atoms with Gasteiger partial charge < -0.3 is 14.8 Å². The van der Waals surface area contributed by atoms with Gasteiger partial charge in [-0.05, 0) is 26.0 Å². The third kappa shape index (κ3) is 5.37. The maximum absolute atomic E-state index is 12.3. The number of aromatic nitrogens is 1. The number of nitrogens with zero attached hydrogens (tertiary/aromatic N) is 1. The summed E-state index contributed by atoms with van der Waals surface area (Å²) in [5, 5.41) is 2.81. The van der Waals surface area contributed by atoms with Gasteiger partial charge in [0.1, 0.15) is 5.75 Å². The van der Waals surface area contributed by atoms with Gasteiger partial charge in [-0.25, -0.2) is 4.98 Å². The van der Waals surface area contributed by atoms with E-state index in [1.54, 1.807) is 7.11 Å². The first-order valence-corrected chi connectivity index (χ1v) is 7.80. The van der Waals surface area contributed by atoms with Gasteiger partial charge in [-0.15, -0.1) is 0 Å². The van der Waals surface area contributed by atoms with E-state index in [0.29, 0.717) is 5.75 Å². The number of carbonyl (C=O) groups is 1. The monoisotopic (exact) mass is 368 g/mol. The van der Waals surface area contributed by atoms with Crippen molar-refractivity contribution in [1.29, 1.82) is 0 Å². The summed E-state index contributed by atoms with van der Waals surface area (Å²) in [6, 6.07) is 7.88. The molecule has 0 radical (unpaired) electrons. The Hall–Kier alpha value is -2.77. The molecule has 1 amide bonds. The van der Waals surface area contributed by atoms with Crippen LogP contribution in [0, 0.1) is 6.92 Å². The number of methoxy groups -OCH3 is 1. The molecule has 2 rings (SSSR count). The van der Waals surface area contributed by atoms with Crippen LogP contribution in [0.3, 0.4) is 0 Å². The van der Waals surface area contributed by atoms with Crippen molar-refractivity contribution >= 4 is 5.91 Å². The van der Waals surface area contributed by atoms with E-state index in [4.69, 9.17) is 4.74 Å². The van der Waals surface area contributed by atoms with Crippen LogP contribution in [0.15, 0.2) is 36.5 Å². The largest absolute Gasteiger partial charge is 0.496 e. The quantitative estimate of drug-likeness (QED) is 0.842. The van der Waals surface area contributed by atoms with Crippen molar-refractivity contribution < 1.29 is 27.4 Å². The zero-order valence-corrected chi connectivity index (χ0v) is 14.6. The summed E-state index contributed by atoms with van der Waals surface area (Å²) in [5.74, 6) is 0.0423. The van der Waals surface area contributed by atoms with Crippen LogP contribution < -0.4 is 14.8 Å². The number of rotatable bonds is 6. The first kappa shape index (κ1) is 19.6. The molecule has 1 aromatic carbocycles. The molecule has 1 aromatic heterocycles. The Labute approximate surface area is 149 Å². The lowest BCUT2D eigenvalue weighted by molar-refractivity contribution is -0.154. The van der Waals surface area contributed by atoms with Crippen LogP contribution in [0.2, 0.25) is 0 Å². The number of nitrogens with one attached hydrogen (secondary N) is 1. The SMILES string of the molecule is COc1ccc(C)cc1C(C)NC(=O)c1ccc(OCC(F)(F)F)nc1. The highest BCUT2D eigenvalue weighted by Gasteiger charge is 2.28. The second-order valence-corrected chi connectivity index (χ2v) is 5.73. The number of hydrogen-bond acceptors (Lipinski definition) is 4. The standard InChI is InChI=1S/C18H19F3N2O3/c1-11-4-6-15(25-3)14(8-11)12(2)23-17(24)13-5-7-16(22-9-13)26-10-18(19,20)21/h4-9,12H,10H2,1-3H3,(H,23,24). The van der Waals surface area contributed by atoms with Gasteiger partial charge in [0.25, 0.3) is 5.91 Å². The number of amides is 1. The summed E-state index contributed by atoms with van der Waals surface area (Å²) in [4.78, 5) is 16.1. The van der Waals surface area contributed by atoms with E-state index in [1.165, 1.54) is 18.3 Å². The Morgan fingerprint density at radius 2 is 2.00 bits per heavy atom. The Kier molecular flexibility index (Phi) is 6.07. The third-order valence-electron chi connectivity index (χ3n) is 3.58. The van der Waals surface area contributed by atoms with Crippen LogP contribution in [0.5, 0.6) is 11.6 Å². The predicted octanol–water partition coefficient (Wildman–Crippen LogP) is 3.83. The van der Waals surface area contributed by atoms with Crippen molar-refractivity contribution in [2.45, 2.75) is 26.1 Å². The number of carbonyl (C=O) groups excluding carboxylic acids is 1. The number of aryl methyl sites for hydroxylation is 1. The first-order chi connectivity index (χ1) is 12.2. The fourth-order valence-electron chi connectivity index (χ4n) is 2.31. The molecule has 8 heteroatoms. The van der Waals surface area contributed by atoms with Crippen LogP contribution in [0.1, 0.15) is 34.5 Å². The minimum absolute atomic E-state index is 0.202. The van der Waals surface area contributed by atoms with E-state index in [0.717, 1.165) is 11.1 Å². The van der Waals surface area contributed by atoms with Crippen molar-refractivity contribution in [2.75, 3.05) is 13.7 Å². The average Bonchev–Trinajstić information content (AvgIpc) is 2.59. The van der Waals surface area contributed by atoms with Crippen molar-refractivity contribution in [2.24, 2.45) is 0 Å².